The van der Waals surface area contributed by atoms with Gasteiger partial charge in [0.15, 0.2) is 5.82 Å². The molecule has 82 valence electrons. The number of hydrogen-bond acceptors (Lipinski definition) is 4. The molecule has 0 aliphatic heterocycles. The molecule has 0 radical (unpaired) electrons. The summed E-state index contributed by atoms with van der Waals surface area (Å²) in [5.41, 5.74) is 4.27. The van der Waals surface area contributed by atoms with Gasteiger partial charge in [-0.15, -0.1) is 0 Å². The van der Waals surface area contributed by atoms with Crippen molar-refractivity contribution in [1.29, 1.82) is 0 Å². The average molecular weight is 235 g/mol. The van der Waals surface area contributed by atoms with Crippen molar-refractivity contribution >= 4 is 17.4 Å². The van der Waals surface area contributed by atoms with Gasteiger partial charge < -0.3 is 5.43 Å². The number of nitrogen functional groups attached to an aromatic ring is 1. The minimum atomic E-state index is 0.595. The third-order valence-electron chi connectivity index (χ3n) is 2.10. The van der Waals surface area contributed by atoms with Crippen molar-refractivity contribution in [2.24, 2.45) is 5.84 Å². The molecule has 1 aromatic carbocycles. The second-order valence-electron chi connectivity index (χ2n) is 3.37. The highest BCUT2D eigenvalue weighted by Crippen LogP contribution is 2.19. The Morgan fingerprint density at radius 3 is 2.50 bits per heavy atom. The van der Waals surface area contributed by atoms with Gasteiger partial charge in [-0.05, 0) is 31.2 Å². The zero-order valence-electron chi connectivity index (χ0n) is 8.74. The molecule has 0 fully saturated rings. The Bertz CT molecular complexity index is 496. The number of nitrogens with two attached hydrogens (primary N) is 1. The van der Waals surface area contributed by atoms with Crippen molar-refractivity contribution in [2.75, 3.05) is 5.43 Å². The van der Waals surface area contributed by atoms with Crippen molar-refractivity contribution in [3.8, 4) is 11.4 Å². The fraction of sp³-hybridized carbons (Fsp3) is 0.0909. The molecule has 0 spiro atoms. The molecule has 0 aliphatic carbocycles. The molecule has 2 rings (SSSR count). The van der Waals surface area contributed by atoms with Crippen LogP contribution in [0, 0.1) is 6.92 Å². The lowest BCUT2D eigenvalue weighted by atomic mass is 10.2. The summed E-state index contributed by atoms with van der Waals surface area (Å²) in [5.74, 6) is 6.55. The number of hydrazine groups is 1. The van der Waals surface area contributed by atoms with Crippen LogP contribution in [0.3, 0.4) is 0 Å². The van der Waals surface area contributed by atoms with E-state index in [1.165, 1.54) is 0 Å². The Kier molecular flexibility index (Phi) is 3.03. The number of aromatic nitrogens is 2. The van der Waals surface area contributed by atoms with Gasteiger partial charge in [-0.25, -0.2) is 15.8 Å². The monoisotopic (exact) mass is 234 g/mol. The molecule has 1 heterocycles. The van der Waals surface area contributed by atoms with Gasteiger partial charge in [0.05, 0.1) is 0 Å². The minimum absolute atomic E-state index is 0.595. The Balaban J connectivity index is 2.47. The smallest absolute Gasteiger partial charge is 0.161 e. The number of halogens is 1. The summed E-state index contributed by atoms with van der Waals surface area (Å²) >= 11 is 5.82. The zero-order valence-corrected chi connectivity index (χ0v) is 9.49. The van der Waals surface area contributed by atoms with Crippen LogP contribution in [0.4, 0.5) is 5.82 Å². The molecule has 0 bridgehead atoms. The predicted octanol–water partition coefficient (Wildman–Crippen LogP) is 2.39. The quantitative estimate of drug-likeness (QED) is 0.619. The van der Waals surface area contributed by atoms with E-state index in [2.05, 4.69) is 15.4 Å². The molecule has 4 nitrogen and oxygen atoms in total. The lowest BCUT2D eigenvalue weighted by Crippen LogP contribution is -2.09. The van der Waals surface area contributed by atoms with Gasteiger partial charge in [-0.1, -0.05) is 11.6 Å². The molecule has 5 heteroatoms. The van der Waals surface area contributed by atoms with Crippen LogP contribution in [0.1, 0.15) is 5.69 Å². The molecule has 2 aromatic rings. The summed E-state index contributed by atoms with van der Waals surface area (Å²) in [5, 5.41) is 0.688. The largest absolute Gasteiger partial charge is 0.308 e. The number of nitrogens with zero attached hydrogens (tertiary/aromatic N) is 2. The highest BCUT2D eigenvalue weighted by Gasteiger charge is 2.04. The molecule has 16 heavy (non-hydrogen) atoms. The first kappa shape index (κ1) is 10.9. The fourth-order valence-corrected chi connectivity index (χ4v) is 1.50. The van der Waals surface area contributed by atoms with Gasteiger partial charge in [0.2, 0.25) is 0 Å². The lowest BCUT2D eigenvalue weighted by Gasteiger charge is -2.05. The van der Waals surface area contributed by atoms with E-state index in [0.717, 1.165) is 11.3 Å². The zero-order chi connectivity index (χ0) is 11.5. The van der Waals surface area contributed by atoms with Crippen LogP contribution >= 0.6 is 11.6 Å². The van der Waals surface area contributed by atoms with E-state index in [4.69, 9.17) is 17.4 Å². The molecule has 0 saturated heterocycles. The van der Waals surface area contributed by atoms with Gasteiger partial charge >= 0.3 is 0 Å². The summed E-state index contributed by atoms with van der Waals surface area (Å²) in [4.78, 5) is 8.59. The van der Waals surface area contributed by atoms with Gasteiger partial charge in [-0.2, -0.15) is 0 Å². The molecular weight excluding hydrogens is 224 g/mol. The summed E-state index contributed by atoms with van der Waals surface area (Å²) in [6, 6.07) is 9.13. The topological polar surface area (TPSA) is 63.8 Å². The van der Waals surface area contributed by atoms with Crippen LogP contribution in [0.25, 0.3) is 11.4 Å². The highest BCUT2D eigenvalue weighted by atomic mass is 35.5. The summed E-state index contributed by atoms with van der Waals surface area (Å²) in [6.45, 7) is 1.89. The first-order valence-corrected chi connectivity index (χ1v) is 5.15. The first-order valence-electron chi connectivity index (χ1n) is 4.77. The molecule has 3 N–H and O–H groups in total. The molecule has 0 aliphatic rings. The highest BCUT2D eigenvalue weighted by molar-refractivity contribution is 6.30. The van der Waals surface area contributed by atoms with E-state index in [1.807, 2.05) is 19.1 Å². The van der Waals surface area contributed by atoms with Crippen LogP contribution in [0.2, 0.25) is 5.02 Å². The van der Waals surface area contributed by atoms with E-state index in [1.54, 1.807) is 18.2 Å². The van der Waals surface area contributed by atoms with Crippen LogP contribution < -0.4 is 11.3 Å². The Morgan fingerprint density at radius 1 is 1.19 bits per heavy atom. The molecule has 0 amide bonds. The number of benzene rings is 1. The fourth-order valence-electron chi connectivity index (χ4n) is 1.37. The van der Waals surface area contributed by atoms with E-state index < -0.39 is 0 Å². The summed E-state index contributed by atoms with van der Waals surface area (Å²) in [7, 11) is 0. The number of hydrogen-bond donors (Lipinski definition) is 2. The average Bonchev–Trinajstić information content (AvgIpc) is 2.29. The van der Waals surface area contributed by atoms with Crippen LogP contribution in [0.5, 0.6) is 0 Å². The second kappa shape index (κ2) is 4.47. The molecule has 0 unspecified atom stereocenters. The maximum Gasteiger partial charge on any atom is 0.161 e. The van der Waals surface area contributed by atoms with Crippen LogP contribution in [-0.4, -0.2) is 9.97 Å². The number of nitrogens with one attached hydrogen (secondary N) is 1. The van der Waals surface area contributed by atoms with Gasteiger partial charge in [0.25, 0.3) is 0 Å². The maximum atomic E-state index is 5.82. The van der Waals surface area contributed by atoms with Crippen molar-refractivity contribution in [1.82, 2.24) is 9.97 Å². The molecule has 1 aromatic heterocycles. The number of rotatable bonds is 2. The Hall–Kier alpha value is -1.65. The molecule has 0 saturated carbocycles. The van der Waals surface area contributed by atoms with Crippen molar-refractivity contribution in [3.63, 3.8) is 0 Å². The third kappa shape index (κ3) is 2.29. The third-order valence-corrected chi connectivity index (χ3v) is 2.36. The number of anilines is 1. The minimum Gasteiger partial charge on any atom is -0.308 e. The Morgan fingerprint density at radius 2 is 1.88 bits per heavy atom. The van der Waals surface area contributed by atoms with Gasteiger partial charge in [0.1, 0.15) is 5.82 Å². The van der Waals surface area contributed by atoms with Crippen LogP contribution in [-0.2, 0) is 0 Å². The van der Waals surface area contributed by atoms with E-state index in [9.17, 15) is 0 Å². The summed E-state index contributed by atoms with van der Waals surface area (Å²) in [6.07, 6.45) is 0. The summed E-state index contributed by atoms with van der Waals surface area (Å²) < 4.78 is 0. The van der Waals surface area contributed by atoms with E-state index in [-0.39, 0.29) is 0 Å². The maximum absolute atomic E-state index is 5.82. The second-order valence-corrected chi connectivity index (χ2v) is 3.81. The standard InChI is InChI=1S/C11H11ClN4/c1-7-6-10(16-13)15-11(14-7)8-2-4-9(12)5-3-8/h2-6H,13H2,1H3,(H,14,15,16). The van der Waals surface area contributed by atoms with Crippen molar-refractivity contribution in [2.45, 2.75) is 6.92 Å². The SMILES string of the molecule is Cc1cc(NN)nc(-c2ccc(Cl)cc2)n1. The molecule has 0 atom stereocenters. The molecular formula is C11H11ClN4. The predicted molar refractivity (Wildman–Crippen MR) is 65.0 cm³/mol. The normalized spacial score (nSPS) is 10.2. The van der Waals surface area contributed by atoms with Crippen molar-refractivity contribution < 1.29 is 0 Å². The van der Waals surface area contributed by atoms with E-state index >= 15 is 0 Å². The first-order chi connectivity index (χ1) is 7.69. The lowest BCUT2D eigenvalue weighted by molar-refractivity contribution is 1.09. The van der Waals surface area contributed by atoms with Gasteiger partial charge in [0, 0.05) is 22.3 Å². The number of aryl methyl sites for hydroxylation is 1. The van der Waals surface area contributed by atoms with Crippen molar-refractivity contribution in [3.05, 3.63) is 41.0 Å². The Labute approximate surface area is 98.5 Å². The van der Waals surface area contributed by atoms with E-state index in [0.29, 0.717) is 16.7 Å². The van der Waals surface area contributed by atoms with Crippen LogP contribution in [0.15, 0.2) is 30.3 Å². The van der Waals surface area contributed by atoms with Gasteiger partial charge in [-0.3, -0.25) is 0 Å².